The number of ether oxygens (including phenoxy) is 1. The molecule has 0 saturated carbocycles. The number of carbonyl (C=O) groups excluding carboxylic acids is 2. The summed E-state index contributed by atoms with van der Waals surface area (Å²) in [5, 5.41) is 10.0. The van der Waals surface area contributed by atoms with E-state index in [4.69, 9.17) is 28.3 Å². The summed E-state index contributed by atoms with van der Waals surface area (Å²) >= 11 is 11.9. The first kappa shape index (κ1) is 19.5. The number of nitrogens with zero attached hydrogens (tertiary/aromatic N) is 1. The van der Waals surface area contributed by atoms with Crippen molar-refractivity contribution in [3.05, 3.63) is 39.9 Å². The zero-order chi connectivity index (χ0) is 17.4. The smallest absolute Gasteiger partial charge is 0.310 e. The summed E-state index contributed by atoms with van der Waals surface area (Å²) in [6.45, 7) is 1.74. The molecule has 0 heterocycles. The highest BCUT2D eigenvalue weighted by molar-refractivity contribution is 6.35. The monoisotopic (exact) mass is 359 g/mol. The molecule has 1 unspecified atom stereocenters. The summed E-state index contributed by atoms with van der Waals surface area (Å²) in [7, 11) is 1.29. The lowest BCUT2D eigenvalue weighted by atomic mass is 10.1. The number of carbonyl (C=O) groups is 2. The van der Waals surface area contributed by atoms with Crippen LogP contribution < -0.4 is 0 Å². The Kier molecular flexibility index (Phi) is 8.09. The maximum atomic E-state index is 12.2. The number of halogens is 2. The van der Waals surface area contributed by atoms with Gasteiger partial charge in [0.15, 0.2) is 0 Å². The Bertz CT molecular complexity index is 589. The summed E-state index contributed by atoms with van der Waals surface area (Å²) in [6, 6.07) is 4.95. The highest BCUT2D eigenvalue weighted by Gasteiger charge is 2.19. The number of aliphatic hydroxyl groups is 1. The van der Waals surface area contributed by atoms with Gasteiger partial charge in [-0.15, -0.1) is 0 Å². The molecule has 0 saturated heterocycles. The standard InChI is InChI=1S/C16H19Cl2NO4/c1-11(16(22)23-2)10-19(7-8-20)15(21)6-4-12-3-5-13(17)9-14(12)18/h3-6,9,11,20H,7-8,10H2,1-2H3/b6-4+. The van der Waals surface area contributed by atoms with Crippen molar-refractivity contribution in [1.82, 2.24) is 4.90 Å². The topological polar surface area (TPSA) is 66.8 Å². The van der Waals surface area contributed by atoms with E-state index < -0.39 is 11.9 Å². The fourth-order valence-corrected chi connectivity index (χ4v) is 2.39. The van der Waals surface area contributed by atoms with Crippen molar-refractivity contribution < 1.29 is 19.4 Å². The van der Waals surface area contributed by atoms with Crippen molar-refractivity contribution in [3.63, 3.8) is 0 Å². The molecular weight excluding hydrogens is 341 g/mol. The van der Waals surface area contributed by atoms with Crippen molar-refractivity contribution in [2.24, 2.45) is 5.92 Å². The van der Waals surface area contributed by atoms with Crippen molar-refractivity contribution in [3.8, 4) is 0 Å². The van der Waals surface area contributed by atoms with Crippen LogP contribution >= 0.6 is 23.2 Å². The molecule has 5 nitrogen and oxygen atoms in total. The minimum Gasteiger partial charge on any atom is -0.469 e. The zero-order valence-corrected chi connectivity index (χ0v) is 14.5. The third-order valence-electron chi connectivity index (χ3n) is 3.15. The predicted octanol–water partition coefficient (Wildman–Crippen LogP) is 2.64. The van der Waals surface area contributed by atoms with Crippen LogP contribution in [0.15, 0.2) is 24.3 Å². The lowest BCUT2D eigenvalue weighted by Gasteiger charge is -2.22. The number of aliphatic hydroxyl groups excluding tert-OH is 1. The third-order valence-corrected chi connectivity index (χ3v) is 3.71. The van der Waals surface area contributed by atoms with Gasteiger partial charge in [0.1, 0.15) is 0 Å². The largest absolute Gasteiger partial charge is 0.469 e. The summed E-state index contributed by atoms with van der Waals surface area (Å²) < 4.78 is 4.64. The zero-order valence-electron chi connectivity index (χ0n) is 13.0. The fourth-order valence-electron chi connectivity index (χ4n) is 1.92. The molecule has 126 valence electrons. The quantitative estimate of drug-likeness (QED) is 0.600. The van der Waals surface area contributed by atoms with E-state index in [0.717, 1.165) is 0 Å². The molecule has 0 spiro atoms. The summed E-state index contributed by atoms with van der Waals surface area (Å²) in [4.78, 5) is 25.1. The molecule has 1 amide bonds. The average Bonchev–Trinajstić information content (AvgIpc) is 2.52. The molecular formula is C16H19Cl2NO4. The Morgan fingerprint density at radius 2 is 2.09 bits per heavy atom. The Balaban J connectivity index is 2.81. The molecule has 1 rings (SSSR count). The van der Waals surface area contributed by atoms with Crippen LogP contribution in [-0.2, 0) is 14.3 Å². The molecule has 1 N–H and O–H groups in total. The molecule has 1 atom stereocenters. The Morgan fingerprint density at radius 3 is 2.65 bits per heavy atom. The second kappa shape index (κ2) is 9.55. The SMILES string of the molecule is COC(=O)C(C)CN(CCO)C(=O)/C=C/c1ccc(Cl)cc1Cl. The Morgan fingerprint density at radius 1 is 1.39 bits per heavy atom. The number of hydrogen-bond acceptors (Lipinski definition) is 4. The average molecular weight is 360 g/mol. The van der Waals surface area contributed by atoms with E-state index in [1.54, 1.807) is 31.2 Å². The summed E-state index contributed by atoms with van der Waals surface area (Å²) in [5.74, 6) is -1.23. The van der Waals surface area contributed by atoms with Crippen molar-refractivity contribution >= 4 is 41.2 Å². The van der Waals surface area contributed by atoms with E-state index in [1.807, 2.05) is 0 Å². The highest BCUT2D eigenvalue weighted by atomic mass is 35.5. The van der Waals surface area contributed by atoms with Crippen LogP contribution in [0.4, 0.5) is 0 Å². The van der Waals surface area contributed by atoms with Gasteiger partial charge in [0, 0.05) is 29.2 Å². The second-order valence-corrected chi connectivity index (χ2v) is 5.77. The minimum absolute atomic E-state index is 0.124. The number of amides is 1. The van der Waals surface area contributed by atoms with Crippen LogP contribution in [0.1, 0.15) is 12.5 Å². The molecule has 0 radical (unpaired) electrons. The Hall–Kier alpha value is -1.56. The molecule has 0 fully saturated rings. The third kappa shape index (κ3) is 6.22. The van der Waals surface area contributed by atoms with Crippen LogP contribution in [0.5, 0.6) is 0 Å². The summed E-state index contributed by atoms with van der Waals surface area (Å²) in [5.41, 5.74) is 0.648. The number of methoxy groups -OCH3 is 1. The number of esters is 1. The van der Waals surface area contributed by atoms with E-state index >= 15 is 0 Å². The van der Waals surface area contributed by atoms with Crippen LogP contribution in [0.25, 0.3) is 6.08 Å². The molecule has 1 aromatic carbocycles. The number of benzene rings is 1. The second-order valence-electron chi connectivity index (χ2n) is 4.93. The van der Waals surface area contributed by atoms with Gasteiger partial charge < -0.3 is 14.7 Å². The molecule has 0 aliphatic carbocycles. The first-order valence-corrected chi connectivity index (χ1v) is 7.75. The van der Waals surface area contributed by atoms with Crippen LogP contribution in [0.2, 0.25) is 10.0 Å². The lowest BCUT2D eigenvalue weighted by molar-refractivity contribution is -0.146. The first-order chi connectivity index (χ1) is 10.9. The molecule has 0 bridgehead atoms. The molecule has 23 heavy (non-hydrogen) atoms. The molecule has 7 heteroatoms. The first-order valence-electron chi connectivity index (χ1n) is 6.99. The van der Waals surface area contributed by atoms with Crippen molar-refractivity contribution in [2.45, 2.75) is 6.92 Å². The lowest BCUT2D eigenvalue weighted by Crippen LogP contribution is -2.38. The predicted molar refractivity (Wildman–Crippen MR) is 90.3 cm³/mol. The highest BCUT2D eigenvalue weighted by Crippen LogP contribution is 2.22. The van der Waals surface area contributed by atoms with E-state index in [9.17, 15) is 9.59 Å². The minimum atomic E-state index is -0.483. The molecule has 0 aliphatic heterocycles. The molecule has 0 aromatic heterocycles. The van der Waals surface area contributed by atoms with E-state index in [2.05, 4.69) is 4.74 Å². The van der Waals surface area contributed by atoms with Crippen molar-refractivity contribution in [1.29, 1.82) is 0 Å². The van der Waals surface area contributed by atoms with Crippen molar-refractivity contribution in [2.75, 3.05) is 26.8 Å². The van der Waals surface area contributed by atoms with Crippen LogP contribution in [0.3, 0.4) is 0 Å². The van der Waals surface area contributed by atoms with E-state index in [0.29, 0.717) is 15.6 Å². The van der Waals surface area contributed by atoms with E-state index in [-0.39, 0.29) is 25.6 Å². The summed E-state index contributed by atoms with van der Waals surface area (Å²) in [6.07, 6.45) is 2.91. The fraction of sp³-hybridized carbons (Fsp3) is 0.375. The van der Waals surface area contributed by atoms with Crippen LogP contribution in [-0.4, -0.2) is 48.7 Å². The van der Waals surface area contributed by atoms with Gasteiger partial charge >= 0.3 is 5.97 Å². The number of hydrogen-bond donors (Lipinski definition) is 1. The Labute approximate surface area is 145 Å². The number of rotatable bonds is 7. The normalized spacial score (nSPS) is 12.2. The van der Waals surface area contributed by atoms with Gasteiger partial charge in [-0.2, -0.15) is 0 Å². The maximum absolute atomic E-state index is 12.2. The van der Waals surface area contributed by atoms with Gasteiger partial charge in [-0.1, -0.05) is 36.2 Å². The van der Waals surface area contributed by atoms with Gasteiger partial charge in [-0.25, -0.2) is 0 Å². The molecule has 1 aromatic rings. The van der Waals surface area contributed by atoms with E-state index in [1.165, 1.54) is 18.1 Å². The van der Waals surface area contributed by atoms with Gasteiger partial charge in [0.05, 0.1) is 19.6 Å². The van der Waals surface area contributed by atoms with Gasteiger partial charge in [-0.3, -0.25) is 9.59 Å². The molecule has 0 aliphatic rings. The van der Waals surface area contributed by atoms with Gasteiger partial charge in [-0.05, 0) is 23.8 Å². The van der Waals surface area contributed by atoms with Crippen LogP contribution in [0, 0.1) is 5.92 Å². The van der Waals surface area contributed by atoms with Gasteiger partial charge in [0.2, 0.25) is 5.91 Å². The maximum Gasteiger partial charge on any atom is 0.310 e. The van der Waals surface area contributed by atoms with Gasteiger partial charge in [0.25, 0.3) is 0 Å².